The lowest BCUT2D eigenvalue weighted by molar-refractivity contribution is 0.191. The van der Waals surface area contributed by atoms with Gasteiger partial charge in [0.2, 0.25) is 0 Å². The number of hydrogen-bond acceptors (Lipinski definition) is 1. The maximum Gasteiger partial charge on any atom is 0.339 e. The van der Waals surface area contributed by atoms with E-state index in [1.54, 1.807) is 11.0 Å². The summed E-state index contributed by atoms with van der Waals surface area (Å²) in [5.74, 6) is 0. The number of carbonyl (C=O) groups is 1. The summed E-state index contributed by atoms with van der Waals surface area (Å²) in [6.45, 7) is 5.70. The van der Waals surface area contributed by atoms with E-state index in [0.717, 1.165) is 13.0 Å². The molecule has 0 saturated carbocycles. The average molecular weight is 139 g/mol. The topological polar surface area (TPSA) is 34.4 Å². The van der Waals surface area contributed by atoms with E-state index in [1.165, 1.54) is 0 Å². The lowest BCUT2D eigenvalue weighted by Gasteiger charge is -2.24. The summed E-state index contributed by atoms with van der Waals surface area (Å²) >= 11 is 0. The molecule has 10 heavy (non-hydrogen) atoms. The summed E-state index contributed by atoms with van der Waals surface area (Å²) in [6.07, 6.45) is 2.71. The average Bonchev–Trinajstić information content (AvgIpc) is 1.94. The number of hydrogen-bond donors (Lipinski definition) is 0. The van der Waals surface area contributed by atoms with Gasteiger partial charge in [0.1, 0.15) is 0 Å². The van der Waals surface area contributed by atoms with Crippen LogP contribution < -0.4 is 5.32 Å². The zero-order valence-corrected chi connectivity index (χ0v) is 5.92. The van der Waals surface area contributed by atoms with Crippen molar-refractivity contribution >= 4 is 6.03 Å². The van der Waals surface area contributed by atoms with Crippen molar-refractivity contribution in [3.05, 3.63) is 12.7 Å². The molecule has 3 nitrogen and oxygen atoms in total. The summed E-state index contributed by atoms with van der Waals surface area (Å²) in [6, 6.07) is -0.0915. The van der Waals surface area contributed by atoms with Crippen molar-refractivity contribution in [2.75, 3.05) is 19.6 Å². The third-order valence-corrected chi connectivity index (χ3v) is 1.45. The molecule has 0 unspecified atom stereocenters. The smallest absolute Gasteiger partial charge is 0.319 e. The van der Waals surface area contributed by atoms with Crippen molar-refractivity contribution in [3.63, 3.8) is 0 Å². The molecule has 0 aromatic carbocycles. The Labute approximate surface area is 60.7 Å². The van der Waals surface area contributed by atoms with Gasteiger partial charge in [-0.05, 0) is 6.42 Å². The fraction of sp³-hybridized carbons (Fsp3) is 0.571. The second-order valence-electron chi connectivity index (χ2n) is 2.25. The van der Waals surface area contributed by atoms with E-state index in [2.05, 4.69) is 11.9 Å². The fourth-order valence-electron chi connectivity index (χ4n) is 0.957. The van der Waals surface area contributed by atoms with E-state index in [-0.39, 0.29) is 6.03 Å². The quantitative estimate of drug-likeness (QED) is 0.516. The highest BCUT2D eigenvalue weighted by atomic mass is 16.2. The molecule has 1 rings (SSSR count). The predicted molar refractivity (Wildman–Crippen MR) is 38.8 cm³/mol. The van der Waals surface area contributed by atoms with E-state index in [4.69, 9.17) is 0 Å². The van der Waals surface area contributed by atoms with Crippen molar-refractivity contribution in [2.45, 2.75) is 6.42 Å². The molecular weight excluding hydrogens is 128 g/mol. The molecule has 0 aromatic heterocycles. The van der Waals surface area contributed by atoms with Crippen LogP contribution in [0.1, 0.15) is 6.42 Å². The first-order valence-corrected chi connectivity index (χ1v) is 3.42. The van der Waals surface area contributed by atoms with Gasteiger partial charge in [-0.1, -0.05) is 6.08 Å². The van der Waals surface area contributed by atoms with E-state index in [9.17, 15) is 4.79 Å². The summed E-state index contributed by atoms with van der Waals surface area (Å²) in [5, 5.41) is 3.77. The second-order valence-corrected chi connectivity index (χ2v) is 2.25. The highest BCUT2D eigenvalue weighted by Gasteiger charge is 2.16. The number of amides is 2. The minimum atomic E-state index is -0.0915. The Balaban J connectivity index is 2.39. The van der Waals surface area contributed by atoms with Crippen molar-refractivity contribution < 1.29 is 4.79 Å². The van der Waals surface area contributed by atoms with Crippen molar-refractivity contribution in [1.29, 1.82) is 0 Å². The van der Waals surface area contributed by atoms with E-state index in [1.807, 2.05) is 0 Å². The zero-order valence-electron chi connectivity index (χ0n) is 5.92. The van der Waals surface area contributed by atoms with Crippen LogP contribution in [0, 0.1) is 0 Å². The van der Waals surface area contributed by atoms with Gasteiger partial charge < -0.3 is 4.90 Å². The van der Waals surface area contributed by atoms with E-state index >= 15 is 0 Å². The molecule has 1 heterocycles. The molecule has 1 aliphatic heterocycles. The highest BCUT2D eigenvalue weighted by molar-refractivity contribution is 5.74. The number of rotatable bonds is 2. The molecule has 0 N–H and O–H groups in total. The van der Waals surface area contributed by atoms with Crippen LogP contribution in [0.4, 0.5) is 4.79 Å². The third-order valence-electron chi connectivity index (χ3n) is 1.45. The van der Waals surface area contributed by atoms with Crippen LogP contribution in [0.5, 0.6) is 0 Å². The molecule has 0 aliphatic carbocycles. The second kappa shape index (κ2) is 3.25. The van der Waals surface area contributed by atoms with Crippen LogP contribution >= 0.6 is 0 Å². The minimum Gasteiger partial charge on any atom is -0.319 e. The summed E-state index contributed by atoms with van der Waals surface area (Å²) in [7, 11) is 0. The molecule has 0 spiro atoms. The van der Waals surface area contributed by atoms with Crippen LogP contribution in [0.2, 0.25) is 0 Å². The normalized spacial score (nSPS) is 18.4. The summed E-state index contributed by atoms with van der Waals surface area (Å²) < 4.78 is 0. The van der Waals surface area contributed by atoms with Gasteiger partial charge in [0.15, 0.2) is 0 Å². The Kier molecular flexibility index (Phi) is 2.31. The van der Waals surface area contributed by atoms with Gasteiger partial charge in [-0.2, -0.15) is 0 Å². The lowest BCUT2D eigenvalue weighted by atomic mass is 10.3. The van der Waals surface area contributed by atoms with Crippen LogP contribution in [0.25, 0.3) is 0 Å². The first-order valence-electron chi connectivity index (χ1n) is 3.42. The molecule has 0 aromatic rings. The van der Waals surface area contributed by atoms with Crippen LogP contribution in [0.15, 0.2) is 12.7 Å². The maximum atomic E-state index is 10.9. The Bertz CT molecular complexity index is 145. The van der Waals surface area contributed by atoms with Crippen molar-refractivity contribution in [1.82, 2.24) is 10.2 Å². The highest BCUT2D eigenvalue weighted by Crippen LogP contribution is 1.99. The molecule has 0 bridgehead atoms. The molecule has 1 radical (unpaired) electrons. The first kappa shape index (κ1) is 7.12. The van der Waals surface area contributed by atoms with Gasteiger partial charge in [0, 0.05) is 19.6 Å². The summed E-state index contributed by atoms with van der Waals surface area (Å²) in [4.78, 5) is 12.6. The van der Waals surface area contributed by atoms with Gasteiger partial charge in [-0.3, -0.25) is 0 Å². The van der Waals surface area contributed by atoms with Crippen LogP contribution in [-0.2, 0) is 0 Å². The standard InChI is InChI=1S/C7H11N2O/c1-2-5-9-6-3-4-8-7(9)10/h2H,1,3-6H2. The van der Waals surface area contributed by atoms with Crippen molar-refractivity contribution in [2.24, 2.45) is 0 Å². The zero-order chi connectivity index (χ0) is 7.40. The largest absolute Gasteiger partial charge is 0.339 e. The van der Waals surface area contributed by atoms with Crippen LogP contribution in [0.3, 0.4) is 0 Å². The van der Waals surface area contributed by atoms with Gasteiger partial charge in [0.25, 0.3) is 0 Å². The van der Waals surface area contributed by atoms with Gasteiger partial charge in [0.05, 0.1) is 0 Å². The molecule has 1 fully saturated rings. The van der Waals surface area contributed by atoms with Gasteiger partial charge >= 0.3 is 6.03 Å². The molecule has 0 atom stereocenters. The number of carbonyl (C=O) groups excluding carboxylic acids is 1. The van der Waals surface area contributed by atoms with E-state index in [0.29, 0.717) is 13.1 Å². The number of urea groups is 1. The first-order chi connectivity index (χ1) is 4.84. The monoisotopic (exact) mass is 139 g/mol. The molecule has 1 aliphatic rings. The van der Waals surface area contributed by atoms with Gasteiger partial charge in [-0.25, -0.2) is 10.1 Å². The Morgan fingerprint density at radius 3 is 3.20 bits per heavy atom. The van der Waals surface area contributed by atoms with Crippen LogP contribution in [-0.4, -0.2) is 30.6 Å². The fourth-order valence-corrected chi connectivity index (χ4v) is 0.957. The van der Waals surface area contributed by atoms with Crippen molar-refractivity contribution in [3.8, 4) is 0 Å². The Morgan fingerprint density at radius 1 is 1.80 bits per heavy atom. The Hall–Kier alpha value is -0.990. The molecule has 2 amide bonds. The molecule has 1 saturated heterocycles. The van der Waals surface area contributed by atoms with Gasteiger partial charge in [-0.15, -0.1) is 6.58 Å². The van der Waals surface area contributed by atoms with E-state index < -0.39 is 0 Å². The lowest BCUT2D eigenvalue weighted by Crippen LogP contribution is -2.42. The summed E-state index contributed by atoms with van der Waals surface area (Å²) in [5.41, 5.74) is 0. The minimum absolute atomic E-state index is 0.0915. The Morgan fingerprint density at radius 2 is 2.60 bits per heavy atom. The molecular formula is C7H11N2O. The maximum absolute atomic E-state index is 10.9. The predicted octanol–water partition coefficient (Wildman–Crippen LogP) is 0.603. The number of nitrogens with zero attached hydrogens (tertiary/aromatic N) is 2. The SMILES string of the molecule is C=CCN1CCC[N]C1=O. The molecule has 55 valence electrons. The third kappa shape index (κ3) is 1.50. The molecule has 3 heteroatoms.